The summed E-state index contributed by atoms with van der Waals surface area (Å²) in [6, 6.07) is 3.90. The Morgan fingerprint density at radius 3 is 2.83 bits per heavy atom. The maximum Gasteiger partial charge on any atom is 0.284 e. The summed E-state index contributed by atoms with van der Waals surface area (Å²) in [6.07, 6.45) is 1.70. The van der Waals surface area contributed by atoms with E-state index in [0.717, 1.165) is 17.9 Å². The summed E-state index contributed by atoms with van der Waals surface area (Å²) >= 11 is 5.77. The fraction of sp³-hybridized carbons (Fsp3) is 0.364. The standard InChI is InChI=1S/C11H11ClN2O4/c12-8-3-4-10(14(16)17)9(7-8)11(15)13-5-1-2-6-18-13/h3-4,7H,1-2,5-6H2. The van der Waals surface area contributed by atoms with Crippen molar-refractivity contribution >= 4 is 23.2 Å². The van der Waals surface area contributed by atoms with Gasteiger partial charge in [-0.05, 0) is 25.0 Å². The zero-order valence-corrected chi connectivity index (χ0v) is 10.2. The van der Waals surface area contributed by atoms with E-state index in [0.29, 0.717) is 13.2 Å². The van der Waals surface area contributed by atoms with E-state index in [-0.39, 0.29) is 16.3 Å². The van der Waals surface area contributed by atoms with Gasteiger partial charge in [0.2, 0.25) is 0 Å². The molecule has 1 saturated heterocycles. The monoisotopic (exact) mass is 270 g/mol. The molecule has 0 bridgehead atoms. The Morgan fingerprint density at radius 2 is 2.22 bits per heavy atom. The highest BCUT2D eigenvalue weighted by Gasteiger charge is 2.26. The van der Waals surface area contributed by atoms with E-state index in [1.54, 1.807) is 0 Å². The van der Waals surface area contributed by atoms with E-state index in [1.165, 1.54) is 18.2 Å². The van der Waals surface area contributed by atoms with Crippen molar-refractivity contribution in [1.29, 1.82) is 0 Å². The molecule has 1 heterocycles. The lowest BCUT2D eigenvalue weighted by atomic mass is 10.1. The Kier molecular flexibility index (Phi) is 3.78. The van der Waals surface area contributed by atoms with Gasteiger partial charge in [0.1, 0.15) is 5.56 Å². The largest absolute Gasteiger partial charge is 0.284 e. The molecule has 0 aliphatic carbocycles. The second-order valence-corrected chi connectivity index (χ2v) is 4.30. The lowest BCUT2D eigenvalue weighted by molar-refractivity contribution is -0.385. The molecule has 6 nitrogen and oxygen atoms in total. The number of rotatable bonds is 2. The second kappa shape index (κ2) is 5.32. The van der Waals surface area contributed by atoms with Gasteiger partial charge in [-0.1, -0.05) is 11.6 Å². The van der Waals surface area contributed by atoms with Crippen molar-refractivity contribution in [2.45, 2.75) is 12.8 Å². The third kappa shape index (κ3) is 2.60. The molecular weight excluding hydrogens is 260 g/mol. The molecule has 0 aromatic heterocycles. The van der Waals surface area contributed by atoms with Crippen LogP contribution in [-0.2, 0) is 4.84 Å². The zero-order valence-electron chi connectivity index (χ0n) is 9.47. The first-order valence-electron chi connectivity index (χ1n) is 5.48. The maximum atomic E-state index is 12.1. The molecular formula is C11H11ClN2O4. The number of nitro benzene ring substituents is 1. The van der Waals surface area contributed by atoms with Crippen molar-refractivity contribution in [2.24, 2.45) is 0 Å². The van der Waals surface area contributed by atoms with Crippen molar-refractivity contribution in [2.75, 3.05) is 13.2 Å². The SMILES string of the molecule is O=C(c1cc(Cl)ccc1[N+](=O)[O-])N1CCCCO1. The average molecular weight is 271 g/mol. The number of nitrogens with zero attached hydrogens (tertiary/aromatic N) is 2. The highest BCUT2D eigenvalue weighted by molar-refractivity contribution is 6.31. The molecule has 1 aromatic rings. The van der Waals surface area contributed by atoms with E-state index >= 15 is 0 Å². The number of benzene rings is 1. The molecule has 0 saturated carbocycles. The van der Waals surface area contributed by atoms with Crippen LogP contribution in [0.4, 0.5) is 5.69 Å². The lowest BCUT2D eigenvalue weighted by Gasteiger charge is -2.25. The molecule has 1 fully saturated rings. The normalized spacial score (nSPS) is 15.5. The van der Waals surface area contributed by atoms with Crippen molar-refractivity contribution in [3.05, 3.63) is 38.9 Å². The predicted octanol–water partition coefficient (Wildman–Crippen LogP) is 2.42. The number of amides is 1. The van der Waals surface area contributed by atoms with Gasteiger partial charge in [-0.2, -0.15) is 0 Å². The molecule has 96 valence electrons. The van der Waals surface area contributed by atoms with E-state index in [4.69, 9.17) is 16.4 Å². The van der Waals surface area contributed by atoms with Crippen LogP contribution < -0.4 is 0 Å². The fourth-order valence-electron chi connectivity index (χ4n) is 1.73. The van der Waals surface area contributed by atoms with Crippen LogP contribution in [0.15, 0.2) is 18.2 Å². The number of hydrogen-bond donors (Lipinski definition) is 0. The molecule has 1 aliphatic heterocycles. The predicted molar refractivity (Wildman–Crippen MR) is 64.3 cm³/mol. The highest BCUT2D eigenvalue weighted by Crippen LogP contribution is 2.25. The second-order valence-electron chi connectivity index (χ2n) is 3.87. The van der Waals surface area contributed by atoms with Crippen LogP contribution in [-0.4, -0.2) is 29.0 Å². The minimum atomic E-state index is -0.604. The summed E-state index contributed by atoms with van der Waals surface area (Å²) in [6.45, 7) is 0.878. The number of halogens is 1. The number of carbonyl (C=O) groups excluding carboxylic acids is 1. The van der Waals surface area contributed by atoms with Gasteiger partial charge >= 0.3 is 0 Å². The van der Waals surface area contributed by atoms with Gasteiger partial charge in [-0.25, -0.2) is 5.06 Å². The van der Waals surface area contributed by atoms with Crippen LogP contribution in [0, 0.1) is 10.1 Å². The van der Waals surface area contributed by atoms with Crippen LogP contribution in [0.5, 0.6) is 0 Å². The van der Waals surface area contributed by atoms with Crippen molar-refractivity contribution in [3.63, 3.8) is 0 Å². The average Bonchev–Trinajstić information content (AvgIpc) is 2.38. The van der Waals surface area contributed by atoms with Gasteiger partial charge in [0.25, 0.3) is 11.6 Å². The fourth-order valence-corrected chi connectivity index (χ4v) is 1.90. The molecule has 7 heteroatoms. The minimum Gasteiger partial charge on any atom is -0.271 e. The summed E-state index contributed by atoms with van der Waals surface area (Å²) < 4.78 is 0. The molecule has 0 unspecified atom stereocenters. The van der Waals surface area contributed by atoms with Crippen molar-refractivity contribution < 1.29 is 14.6 Å². The Hall–Kier alpha value is -1.66. The van der Waals surface area contributed by atoms with E-state index in [9.17, 15) is 14.9 Å². The molecule has 0 N–H and O–H groups in total. The Balaban J connectivity index is 2.33. The van der Waals surface area contributed by atoms with E-state index < -0.39 is 10.8 Å². The summed E-state index contributed by atoms with van der Waals surface area (Å²) in [7, 11) is 0. The summed E-state index contributed by atoms with van der Waals surface area (Å²) in [5.41, 5.74) is -0.312. The number of carbonyl (C=O) groups is 1. The Labute approximate surface area is 108 Å². The number of hydrogen-bond acceptors (Lipinski definition) is 4. The molecule has 0 atom stereocenters. The van der Waals surface area contributed by atoms with Gasteiger partial charge in [0, 0.05) is 17.6 Å². The van der Waals surface area contributed by atoms with Crippen LogP contribution in [0.1, 0.15) is 23.2 Å². The third-order valence-corrected chi connectivity index (χ3v) is 2.85. The zero-order chi connectivity index (χ0) is 13.1. The highest BCUT2D eigenvalue weighted by atomic mass is 35.5. The third-order valence-electron chi connectivity index (χ3n) is 2.61. The Morgan fingerprint density at radius 1 is 1.44 bits per heavy atom. The molecule has 1 aliphatic rings. The molecule has 1 amide bonds. The molecule has 2 rings (SSSR count). The van der Waals surface area contributed by atoms with Crippen LogP contribution >= 0.6 is 11.6 Å². The molecule has 1 aromatic carbocycles. The van der Waals surface area contributed by atoms with Crippen molar-refractivity contribution in [1.82, 2.24) is 5.06 Å². The van der Waals surface area contributed by atoms with Gasteiger partial charge in [0.05, 0.1) is 11.5 Å². The Bertz CT molecular complexity index is 486. The number of nitro groups is 1. The topological polar surface area (TPSA) is 72.7 Å². The maximum absolute atomic E-state index is 12.1. The van der Waals surface area contributed by atoms with Crippen LogP contribution in [0.25, 0.3) is 0 Å². The quantitative estimate of drug-likeness (QED) is 0.611. The molecule has 0 radical (unpaired) electrons. The first-order chi connectivity index (χ1) is 8.59. The van der Waals surface area contributed by atoms with Crippen LogP contribution in [0.2, 0.25) is 5.02 Å². The van der Waals surface area contributed by atoms with Crippen molar-refractivity contribution in [3.8, 4) is 0 Å². The first-order valence-corrected chi connectivity index (χ1v) is 5.86. The summed E-state index contributed by atoms with van der Waals surface area (Å²) in [5.74, 6) is -0.524. The van der Waals surface area contributed by atoms with Gasteiger partial charge in [-0.15, -0.1) is 0 Å². The summed E-state index contributed by atoms with van der Waals surface area (Å²) in [4.78, 5) is 27.6. The first kappa shape index (κ1) is 12.8. The summed E-state index contributed by atoms with van der Waals surface area (Å²) in [5, 5.41) is 12.3. The minimum absolute atomic E-state index is 0.0469. The number of hydroxylamine groups is 2. The van der Waals surface area contributed by atoms with Gasteiger partial charge in [-0.3, -0.25) is 19.7 Å². The molecule has 0 spiro atoms. The van der Waals surface area contributed by atoms with E-state index in [2.05, 4.69) is 0 Å². The van der Waals surface area contributed by atoms with Gasteiger partial charge in [0.15, 0.2) is 0 Å². The van der Waals surface area contributed by atoms with Crippen LogP contribution in [0.3, 0.4) is 0 Å². The molecule has 18 heavy (non-hydrogen) atoms. The smallest absolute Gasteiger partial charge is 0.271 e. The lowest BCUT2D eigenvalue weighted by Crippen LogP contribution is -2.36. The van der Waals surface area contributed by atoms with Gasteiger partial charge < -0.3 is 0 Å². The van der Waals surface area contributed by atoms with E-state index in [1.807, 2.05) is 0 Å².